The van der Waals surface area contributed by atoms with Crippen molar-refractivity contribution in [3.8, 4) is 17.1 Å². The molecular weight excluding hydrogens is 398 g/mol. The van der Waals surface area contributed by atoms with E-state index in [0.29, 0.717) is 22.1 Å². The molecule has 4 rings (SSSR count). The Bertz CT molecular complexity index is 1110. The number of nitrogens with zero attached hydrogens (tertiary/aromatic N) is 3. The van der Waals surface area contributed by atoms with Crippen molar-refractivity contribution in [2.45, 2.75) is 0 Å². The molecule has 8 heteroatoms. The number of nitrogens with one attached hydrogen (secondary N) is 1. The molecule has 0 atom stereocenters. The highest BCUT2D eigenvalue weighted by molar-refractivity contribution is 6.30. The largest absolute Gasteiger partial charge is 0.317 e. The molecule has 0 aliphatic heterocycles. The van der Waals surface area contributed by atoms with Gasteiger partial charge in [-0.3, -0.25) is 4.79 Å². The second-order valence-electron chi connectivity index (χ2n) is 6.09. The van der Waals surface area contributed by atoms with Crippen LogP contribution in [0.25, 0.3) is 17.1 Å². The lowest BCUT2D eigenvalue weighted by atomic mass is 10.2. The van der Waals surface area contributed by atoms with Crippen LogP contribution >= 0.6 is 11.6 Å². The van der Waals surface area contributed by atoms with Gasteiger partial charge in [-0.2, -0.15) is 0 Å². The van der Waals surface area contributed by atoms with Gasteiger partial charge in [-0.05, 0) is 60.7 Å². The Morgan fingerprint density at radius 1 is 0.931 bits per heavy atom. The zero-order valence-electron chi connectivity index (χ0n) is 14.8. The zero-order chi connectivity index (χ0) is 20.4. The number of halogens is 3. The van der Waals surface area contributed by atoms with Crippen LogP contribution in [0.1, 0.15) is 10.6 Å². The minimum absolute atomic E-state index is 0.0173. The smallest absolute Gasteiger partial charge is 0.295 e. The number of hydrogen-bond acceptors (Lipinski definition) is 3. The summed E-state index contributed by atoms with van der Waals surface area (Å²) in [4.78, 5) is 16.9. The van der Waals surface area contributed by atoms with Crippen molar-refractivity contribution in [1.29, 1.82) is 0 Å². The molecule has 0 spiro atoms. The zero-order valence-corrected chi connectivity index (χ0v) is 15.6. The number of rotatable bonds is 4. The average Bonchev–Trinajstić information content (AvgIpc) is 3.16. The van der Waals surface area contributed by atoms with Crippen LogP contribution < -0.4 is 5.32 Å². The maximum absolute atomic E-state index is 13.8. The van der Waals surface area contributed by atoms with Gasteiger partial charge in [0.1, 0.15) is 11.6 Å². The molecular formula is C21H13ClF2N4O. The molecule has 5 nitrogen and oxygen atoms in total. The first-order chi connectivity index (χ1) is 14.0. The normalized spacial score (nSPS) is 10.7. The van der Waals surface area contributed by atoms with E-state index in [4.69, 9.17) is 11.6 Å². The van der Waals surface area contributed by atoms with Crippen LogP contribution in [0, 0.1) is 11.6 Å². The maximum atomic E-state index is 13.8. The van der Waals surface area contributed by atoms with Crippen LogP contribution in [0.3, 0.4) is 0 Å². The van der Waals surface area contributed by atoms with E-state index in [0.717, 1.165) is 0 Å². The van der Waals surface area contributed by atoms with Crippen LogP contribution in [0.5, 0.6) is 0 Å². The summed E-state index contributed by atoms with van der Waals surface area (Å²) in [5, 5.41) is 7.25. The molecule has 0 unspecified atom stereocenters. The summed E-state index contributed by atoms with van der Waals surface area (Å²) in [6.07, 6.45) is 0. The number of anilines is 1. The Hall–Kier alpha value is -3.58. The molecule has 0 radical (unpaired) electrons. The second kappa shape index (κ2) is 7.81. The minimum Gasteiger partial charge on any atom is -0.317 e. The Balaban J connectivity index is 1.76. The van der Waals surface area contributed by atoms with E-state index in [1.165, 1.54) is 47.1 Å². The van der Waals surface area contributed by atoms with Crippen molar-refractivity contribution >= 4 is 23.2 Å². The highest BCUT2D eigenvalue weighted by Gasteiger charge is 2.20. The SMILES string of the molecule is O=C(Nc1ccccc1F)c1nc(-c2ccc(Cl)cc2)n(-c2ccc(F)cc2)n1. The monoisotopic (exact) mass is 410 g/mol. The quantitative estimate of drug-likeness (QED) is 0.508. The Morgan fingerprint density at radius 2 is 1.62 bits per heavy atom. The van der Waals surface area contributed by atoms with Gasteiger partial charge in [-0.25, -0.2) is 18.4 Å². The molecule has 1 heterocycles. The molecule has 0 saturated heterocycles. The van der Waals surface area contributed by atoms with E-state index in [1.807, 2.05) is 0 Å². The molecule has 4 aromatic rings. The fourth-order valence-corrected chi connectivity index (χ4v) is 2.82. The van der Waals surface area contributed by atoms with Crippen molar-refractivity contribution in [3.63, 3.8) is 0 Å². The lowest BCUT2D eigenvalue weighted by Gasteiger charge is -2.06. The van der Waals surface area contributed by atoms with Crippen LogP contribution in [-0.4, -0.2) is 20.7 Å². The van der Waals surface area contributed by atoms with Gasteiger partial charge in [0.25, 0.3) is 5.91 Å². The van der Waals surface area contributed by atoms with Gasteiger partial charge in [0.15, 0.2) is 5.82 Å². The van der Waals surface area contributed by atoms with E-state index < -0.39 is 17.5 Å². The van der Waals surface area contributed by atoms with Crippen molar-refractivity contribution in [3.05, 3.63) is 95.3 Å². The summed E-state index contributed by atoms with van der Waals surface area (Å²) < 4.78 is 28.6. The molecule has 0 saturated carbocycles. The van der Waals surface area contributed by atoms with Crippen LogP contribution in [-0.2, 0) is 0 Å². The van der Waals surface area contributed by atoms with E-state index >= 15 is 0 Å². The molecule has 1 N–H and O–H groups in total. The summed E-state index contributed by atoms with van der Waals surface area (Å²) >= 11 is 5.95. The fraction of sp³-hybridized carbons (Fsp3) is 0. The summed E-state index contributed by atoms with van der Waals surface area (Å²) in [7, 11) is 0. The first-order valence-corrected chi connectivity index (χ1v) is 8.94. The van der Waals surface area contributed by atoms with Crippen molar-refractivity contribution in [1.82, 2.24) is 14.8 Å². The second-order valence-corrected chi connectivity index (χ2v) is 6.52. The third-order valence-electron chi connectivity index (χ3n) is 4.11. The first kappa shape index (κ1) is 18.8. The van der Waals surface area contributed by atoms with Crippen molar-refractivity contribution < 1.29 is 13.6 Å². The summed E-state index contributed by atoms with van der Waals surface area (Å²) in [6, 6.07) is 18.2. The molecule has 0 fully saturated rings. The van der Waals surface area contributed by atoms with E-state index in [2.05, 4.69) is 15.4 Å². The molecule has 0 aliphatic carbocycles. The Kier molecular flexibility index (Phi) is 5.05. The lowest BCUT2D eigenvalue weighted by molar-refractivity contribution is 0.101. The Labute approximate surface area is 169 Å². The van der Waals surface area contributed by atoms with Crippen LogP contribution in [0.4, 0.5) is 14.5 Å². The highest BCUT2D eigenvalue weighted by Crippen LogP contribution is 2.24. The standard InChI is InChI=1S/C21H13ClF2N4O/c22-14-7-5-13(6-8-14)20-26-19(21(29)25-18-4-2-1-3-17(18)24)27-28(20)16-11-9-15(23)10-12-16/h1-12H,(H,25,29). The molecule has 29 heavy (non-hydrogen) atoms. The van der Waals surface area contributed by atoms with Gasteiger partial charge >= 0.3 is 0 Å². The average molecular weight is 411 g/mol. The third kappa shape index (κ3) is 4.00. The summed E-state index contributed by atoms with van der Waals surface area (Å²) in [5.74, 6) is -1.46. The van der Waals surface area contributed by atoms with Gasteiger partial charge in [-0.1, -0.05) is 23.7 Å². The number of benzene rings is 3. The topological polar surface area (TPSA) is 59.8 Å². The summed E-state index contributed by atoms with van der Waals surface area (Å²) in [6.45, 7) is 0. The highest BCUT2D eigenvalue weighted by atomic mass is 35.5. The van der Waals surface area contributed by atoms with E-state index in [-0.39, 0.29) is 11.5 Å². The van der Waals surface area contributed by atoms with Gasteiger partial charge in [0, 0.05) is 10.6 Å². The van der Waals surface area contributed by atoms with E-state index in [1.54, 1.807) is 30.3 Å². The van der Waals surface area contributed by atoms with Crippen LogP contribution in [0.2, 0.25) is 5.02 Å². The molecule has 1 amide bonds. The number of aromatic nitrogens is 3. The van der Waals surface area contributed by atoms with Gasteiger partial charge in [0.05, 0.1) is 11.4 Å². The van der Waals surface area contributed by atoms with Crippen LogP contribution in [0.15, 0.2) is 72.8 Å². The number of para-hydroxylation sites is 1. The molecule has 0 aliphatic rings. The lowest BCUT2D eigenvalue weighted by Crippen LogP contribution is -2.15. The molecule has 3 aromatic carbocycles. The molecule has 0 bridgehead atoms. The predicted molar refractivity (Wildman–Crippen MR) is 106 cm³/mol. The third-order valence-corrected chi connectivity index (χ3v) is 4.36. The number of hydrogen-bond donors (Lipinski definition) is 1. The number of carbonyl (C=O) groups excluding carboxylic acids is 1. The molecule has 144 valence electrons. The van der Waals surface area contributed by atoms with E-state index in [9.17, 15) is 13.6 Å². The predicted octanol–water partition coefficient (Wildman–Crippen LogP) is 5.12. The van der Waals surface area contributed by atoms with Gasteiger partial charge in [0.2, 0.25) is 5.82 Å². The van der Waals surface area contributed by atoms with Gasteiger partial charge in [-0.15, -0.1) is 5.10 Å². The first-order valence-electron chi connectivity index (χ1n) is 8.56. The minimum atomic E-state index is -0.675. The van der Waals surface area contributed by atoms with Crippen molar-refractivity contribution in [2.75, 3.05) is 5.32 Å². The summed E-state index contributed by atoms with van der Waals surface area (Å²) in [5.41, 5.74) is 1.17. The maximum Gasteiger partial charge on any atom is 0.295 e. The number of amides is 1. The molecule has 1 aromatic heterocycles. The fourth-order valence-electron chi connectivity index (χ4n) is 2.70. The number of carbonyl (C=O) groups is 1. The Morgan fingerprint density at radius 3 is 2.31 bits per heavy atom. The van der Waals surface area contributed by atoms with Gasteiger partial charge < -0.3 is 5.32 Å². The van der Waals surface area contributed by atoms with Crippen molar-refractivity contribution in [2.24, 2.45) is 0 Å².